The number of sulfonamides is 1. The maximum Gasteiger partial charge on any atom is 0.491 e. The van der Waals surface area contributed by atoms with Crippen LogP contribution in [0, 0.1) is 0 Å². The van der Waals surface area contributed by atoms with Crippen LogP contribution in [0.1, 0.15) is 5.56 Å². The third-order valence-corrected chi connectivity index (χ3v) is 4.51. The zero-order valence-electron chi connectivity index (χ0n) is 10.5. The second-order valence-corrected chi connectivity index (χ2v) is 6.18. The van der Waals surface area contributed by atoms with Gasteiger partial charge >= 0.3 is 7.12 Å². The van der Waals surface area contributed by atoms with E-state index in [9.17, 15) is 13.4 Å². The van der Waals surface area contributed by atoms with Gasteiger partial charge in [-0.2, -0.15) is 0 Å². The van der Waals surface area contributed by atoms with Crippen molar-refractivity contribution in [2.75, 3.05) is 4.72 Å². The molecule has 20 heavy (non-hydrogen) atoms. The summed E-state index contributed by atoms with van der Waals surface area (Å²) in [6, 6.07) is 13.1. The predicted octanol–water partition coefficient (Wildman–Crippen LogP) is 0.705. The number of hydrogen-bond acceptors (Lipinski definition) is 4. The molecule has 0 fully saturated rings. The summed E-state index contributed by atoms with van der Waals surface area (Å²) >= 11 is 0. The Morgan fingerprint density at radius 3 is 2.65 bits per heavy atom. The van der Waals surface area contributed by atoms with E-state index in [4.69, 9.17) is 4.65 Å². The Kier molecular flexibility index (Phi) is 3.25. The van der Waals surface area contributed by atoms with E-state index in [-0.39, 0.29) is 4.90 Å². The number of nitrogens with one attached hydrogen (secondary N) is 1. The van der Waals surface area contributed by atoms with Crippen molar-refractivity contribution in [3.05, 3.63) is 54.1 Å². The summed E-state index contributed by atoms with van der Waals surface area (Å²) in [5.74, 6) is 0. The van der Waals surface area contributed by atoms with Gasteiger partial charge in [0.25, 0.3) is 10.0 Å². The molecule has 0 radical (unpaired) electrons. The lowest BCUT2D eigenvalue weighted by atomic mass is 9.79. The largest absolute Gasteiger partial charge is 0.491 e. The quantitative estimate of drug-likeness (QED) is 0.816. The highest BCUT2D eigenvalue weighted by molar-refractivity contribution is 7.92. The van der Waals surface area contributed by atoms with Gasteiger partial charge in [0, 0.05) is 5.69 Å². The Morgan fingerprint density at radius 2 is 1.90 bits per heavy atom. The maximum atomic E-state index is 12.2. The van der Waals surface area contributed by atoms with Gasteiger partial charge < -0.3 is 9.68 Å². The molecule has 0 saturated carbocycles. The lowest BCUT2D eigenvalue weighted by Crippen LogP contribution is -2.28. The second-order valence-electron chi connectivity index (χ2n) is 4.50. The minimum absolute atomic E-state index is 0.192. The van der Waals surface area contributed by atoms with Gasteiger partial charge in [-0.25, -0.2) is 8.42 Å². The zero-order chi connectivity index (χ0) is 14.2. The topological polar surface area (TPSA) is 75.6 Å². The fraction of sp³-hybridized carbons (Fsp3) is 0.0769. The van der Waals surface area contributed by atoms with E-state index in [1.165, 1.54) is 12.1 Å². The Bertz CT molecular complexity index is 733. The van der Waals surface area contributed by atoms with Crippen molar-refractivity contribution >= 4 is 28.3 Å². The zero-order valence-corrected chi connectivity index (χ0v) is 11.3. The lowest BCUT2D eigenvalue weighted by molar-refractivity contribution is 0.275. The molecule has 0 aliphatic carbocycles. The van der Waals surface area contributed by atoms with Crippen molar-refractivity contribution in [3.63, 3.8) is 0 Å². The average molecular weight is 289 g/mol. The lowest BCUT2D eigenvalue weighted by Gasteiger charge is -2.09. The Hall–Kier alpha value is -1.83. The van der Waals surface area contributed by atoms with Gasteiger partial charge in [-0.1, -0.05) is 24.3 Å². The number of hydrogen-bond donors (Lipinski definition) is 2. The summed E-state index contributed by atoms with van der Waals surface area (Å²) in [5, 5.41) is 9.62. The molecule has 2 aromatic carbocycles. The molecule has 2 N–H and O–H groups in total. The van der Waals surface area contributed by atoms with Crippen LogP contribution >= 0.6 is 0 Å². The number of anilines is 1. The monoisotopic (exact) mass is 289 g/mol. The molecule has 5 nitrogen and oxygen atoms in total. The van der Waals surface area contributed by atoms with E-state index in [1.807, 2.05) is 0 Å². The molecule has 102 valence electrons. The molecule has 0 saturated heterocycles. The van der Waals surface area contributed by atoms with E-state index in [1.54, 1.807) is 36.4 Å². The van der Waals surface area contributed by atoms with Crippen LogP contribution in [0.15, 0.2) is 53.4 Å². The molecule has 0 aromatic heterocycles. The molecule has 0 atom stereocenters. The smallest absolute Gasteiger partial charge is 0.423 e. The maximum absolute atomic E-state index is 12.2. The molecule has 0 bridgehead atoms. The third-order valence-electron chi connectivity index (χ3n) is 3.11. The Balaban J connectivity index is 1.91. The van der Waals surface area contributed by atoms with Crippen LogP contribution in [0.25, 0.3) is 0 Å². The van der Waals surface area contributed by atoms with Crippen LogP contribution in [-0.2, 0) is 21.3 Å². The normalized spacial score (nSPS) is 14.2. The first kappa shape index (κ1) is 13.2. The predicted molar refractivity (Wildman–Crippen MR) is 76.1 cm³/mol. The molecular formula is C13H12BNO4S. The van der Waals surface area contributed by atoms with Gasteiger partial charge in [0.1, 0.15) is 0 Å². The minimum Gasteiger partial charge on any atom is -0.423 e. The number of benzene rings is 2. The van der Waals surface area contributed by atoms with Crippen LogP contribution in [0.3, 0.4) is 0 Å². The fourth-order valence-corrected chi connectivity index (χ4v) is 3.16. The molecule has 0 unspecified atom stereocenters. The van der Waals surface area contributed by atoms with E-state index in [0.717, 1.165) is 5.56 Å². The van der Waals surface area contributed by atoms with Crippen molar-refractivity contribution in [3.8, 4) is 0 Å². The number of rotatable bonds is 3. The highest BCUT2D eigenvalue weighted by Gasteiger charge is 2.27. The molecule has 3 rings (SSSR count). The first-order chi connectivity index (χ1) is 9.56. The Morgan fingerprint density at radius 1 is 1.15 bits per heavy atom. The highest BCUT2D eigenvalue weighted by Crippen LogP contribution is 2.18. The van der Waals surface area contributed by atoms with E-state index >= 15 is 0 Å². The summed E-state index contributed by atoms with van der Waals surface area (Å²) in [5.41, 5.74) is 1.86. The second kappa shape index (κ2) is 4.94. The van der Waals surface area contributed by atoms with Gasteiger partial charge in [0.15, 0.2) is 0 Å². The summed E-state index contributed by atoms with van der Waals surface area (Å²) in [4.78, 5) is 0.192. The molecule has 1 aliphatic heterocycles. The molecule has 0 amide bonds. The molecule has 1 aliphatic rings. The van der Waals surface area contributed by atoms with E-state index < -0.39 is 17.1 Å². The first-order valence-corrected chi connectivity index (χ1v) is 7.55. The first-order valence-electron chi connectivity index (χ1n) is 6.07. The molecule has 0 spiro atoms. The van der Waals surface area contributed by atoms with Gasteiger partial charge in [0.05, 0.1) is 11.5 Å². The van der Waals surface area contributed by atoms with Crippen LogP contribution in [0.5, 0.6) is 0 Å². The highest BCUT2D eigenvalue weighted by atomic mass is 32.2. The third kappa shape index (κ3) is 2.43. The Labute approximate surface area is 117 Å². The fourth-order valence-electron chi connectivity index (χ4n) is 2.09. The average Bonchev–Trinajstić information content (AvgIpc) is 2.81. The van der Waals surface area contributed by atoms with Crippen molar-refractivity contribution in [1.82, 2.24) is 0 Å². The van der Waals surface area contributed by atoms with Gasteiger partial charge in [-0.3, -0.25) is 4.72 Å². The summed E-state index contributed by atoms with van der Waals surface area (Å²) in [7, 11) is -4.61. The molecule has 7 heteroatoms. The molecule has 1 heterocycles. The molecule has 2 aromatic rings. The van der Waals surface area contributed by atoms with Crippen LogP contribution in [0.4, 0.5) is 5.69 Å². The van der Waals surface area contributed by atoms with Crippen LogP contribution in [0.2, 0.25) is 0 Å². The summed E-state index contributed by atoms with van der Waals surface area (Å²) in [6.45, 7) is 0.336. The van der Waals surface area contributed by atoms with E-state index in [2.05, 4.69) is 4.72 Å². The van der Waals surface area contributed by atoms with Crippen LogP contribution < -0.4 is 10.2 Å². The van der Waals surface area contributed by atoms with Crippen molar-refractivity contribution in [1.29, 1.82) is 0 Å². The summed E-state index contributed by atoms with van der Waals surface area (Å²) < 4.78 is 31.9. The van der Waals surface area contributed by atoms with Gasteiger partial charge in [-0.15, -0.1) is 0 Å². The van der Waals surface area contributed by atoms with Crippen molar-refractivity contribution in [2.45, 2.75) is 11.5 Å². The standard InChI is InChI=1S/C13H12BNO4S/c16-14-13-8-11(7-6-10(13)9-19-14)15-20(17,18)12-4-2-1-3-5-12/h1-8,15-16H,9H2. The minimum atomic E-state index is -3.62. The van der Waals surface area contributed by atoms with Crippen LogP contribution in [-0.4, -0.2) is 20.6 Å². The number of fused-ring (bicyclic) bond motifs is 1. The van der Waals surface area contributed by atoms with Crippen molar-refractivity contribution in [2.24, 2.45) is 0 Å². The van der Waals surface area contributed by atoms with E-state index in [0.29, 0.717) is 17.8 Å². The summed E-state index contributed by atoms with van der Waals surface area (Å²) in [6.07, 6.45) is 0. The SMILES string of the molecule is O=S(=O)(Nc1ccc2c(c1)B(O)OC2)c1ccccc1. The van der Waals surface area contributed by atoms with Crippen molar-refractivity contribution < 1.29 is 18.1 Å². The van der Waals surface area contributed by atoms with Gasteiger partial charge in [0.2, 0.25) is 0 Å². The molecular weight excluding hydrogens is 277 g/mol. The van der Waals surface area contributed by atoms with Gasteiger partial charge in [-0.05, 0) is 35.3 Å².